The van der Waals surface area contributed by atoms with Crippen LogP contribution < -0.4 is 11.3 Å². The topological polar surface area (TPSA) is 81.2 Å². The molecule has 2 aromatic heterocycles. The molecule has 0 radical (unpaired) electrons. The van der Waals surface area contributed by atoms with Gasteiger partial charge in [-0.25, -0.2) is 4.98 Å². The molecule has 6 nitrogen and oxygen atoms in total. The molecule has 2 unspecified atom stereocenters. The Morgan fingerprint density at radius 3 is 2.92 bits per heavy atom. The molecule has 0 saturated carbocycles. The largest absolute Gasteiger partial charge is 0.337 e. The van der Waals surface area contributed by atoms with Gasteiger partial charge in [-0.3, -0.25) is 14.2 Å². The highest BCUT2D eigenvalue weighted by molar-refractivity contribution is 7.18. The van der Waals surface area contributed by atoms with Gasteiger partial charge < -0.3 is 10.6 Å². The zero-order valence-corrected chi connectivity index (χ0v) is 15.2. The summed E-state index contributed by atoms with van der Waals surface area (Å²) >= 11 is 1.52. The van der Waals surface area contributed by atoms with Crippen LogP contribution in [0.5, 0.6) is 0 Å². The number of nitrogens with two attached hydrogens (primary N) is 1. The molecule has 2 atom stereocenters. The van der Waals surface area contributed by atoms with Gasteiger partial charge in [-0.05, 0) is 38.2 Å². The van der Waals surface area contributed by atoms with Crippen LogP contribution in [-0.2, 0) is 11.3 Å². The van der Waals surface area contributed by atoms with Crippen LogP contribution in [-0.4, -0.2) is 39.5 Å². The minimum atomic E-state index is -0.134. The van der Waals surface area contributed by atoms with Gasteiger partial charge in [-0.1, -0.05) is 6.92 Å². The van der Waals surface area contributed by atoms with E-state index in [0.29, 0.717) is 24.4 Å². The number of piperidine rings is 1. The molecule has 3 rings (SSSR count). The predicted octanol–water partition coefficient (Wildman–Crippen LogP) is 1.66. The molecular weight excluding hydrogens is 324 g/mol. The summed E-state index contributed by atoms with van der Waals surface area (Å²) in [4.78, 5) is 33.5. The normalized spacial score (nSPS) is 21.4. The molecule has 2 aromatic rings. The van der Waals surface area contributed by atoms with Gasteiger partial charge in [0, 0.05) is 24.0 Å². The van der Waals surface area contributed by atoms with E-state index in [1.54, 1.807) is 0 Å². The van der Waals surface area contributed by atoms with Gasteiger partial charge in [-0.15, -0.1) is 11.3 Å². The maximum atomic E-state index is 12.7. The summed E-state index contributed by atoms with van der Waals surface area (Å²) in [5, 5.41) is 0.635. The molecule has 7 heteroatoms. The van der Waals surface area contributed by atoms with Gasteiger partial charge in [0.1, 0.15) is 11.4 Å². The average molecular weight is 348 g/mol. The second kappa shape index (κ2) is 6.64. The van der Waals surface area contributed by atoms with Crippen LogP contribution >= 0.6 is 11.3 Å². The Hall–Kier alpha value is -1.73. The number of aromatic nitrogens is 2. The fourth-order valence-electron chi connectivity index (χ4n) is 3.42. The highest BCUT2D eigenvalue weighted by atomic mass is 32.1. The third-order valence-electron chi connectivity index (χ3n) is 5.03. The van der Waals surface area contributed by atoms with Crippen LogP contribution in [0.1, 0.15) is 30.2 Å². The molecule has 0 aromatic carbocycles. The molecule has 1 aliphatic rings. The summed E-state index contributed by atoms with van der Waals surface area (Å²) in [5.41, 5.74) is 6.67. The Kier molecular flexibility index (Phi) is 4.73. The van der Waals surface area contributed by atoms with Crippen LogP contribution in [0, 0.1) is 19.8 Å². The van der Waals surface area contributed by atoms with Crippen molar-refractivity contribution in [3.63, 3.8) is 0 Å². The summed E-state index contributed by atoms with van der Waals surface area (Å²) in [5.74, 6) is 0.532. The van der Waals surface area contributed by atoms with Crippen LogP contribution in [0.3, 0.4) is 0 Å². The number of hydrogen-bond donors (Lipinski definition) is 1. The third-order valence-corrected chi connectivity index (χ3v) is 6.15. The van der Waals surface area contributed by atoms with E-state index in [-0.39, 0.29) is 24.1 Å². The Morgan fingerprint density at radius 2 is 2.21 bits per heavy atom. The molecule has 0 spiro atoms. The molecular formula is C17H24N4O2S. The minimum Gasteiger partial charge on any atom is -0.337 e. The van der Waals surface area contributed by atoms with E-state index in [1.165, 1.54) is 22.2 Å². The van der Waals surface area contributed by atoms with Crippen molar-refractivity contribution in [1.82, 2.24) is 14.5 Å². The number of thiophene rings is 1. The predicted molar refractivity (Wildman–Crippen MR) is 96.3 cm³/mol. The SMILES string of the molecule is Cc1sc2ncn(CC(=O)N3CCC(C)CC3CN)c(=O)c2c1C. The number of fused-ring (bicyclic) bond motifs is 1. The standard InChI is InChI=1S/C17H24N4O2S/c1-10-4-5-21(13(6-10)7-18)14(22)8-20-9-19-16-15(17(20)23)11(2)12(3)24-16/h9-10,13H,4-8,18H2,1-3H3. The van der Waals surface area contributed by atoms with Crippen LogP contribution in [0.25, 0.3) is 10.2 Å². The summed E-state index contributed by atoms with van der Waals surface area (Å²) < 4.78 is 1.43. The molecule has 1 fully saturated rings. The number of carbonyl (C=O) groups excluding carboxylic acids is 1. The van der Waals surface area contributed by atoms with Crippen molar-refractivity contribution in [3.8, 4) is 0 Å². The zero-order valence-electron chi connectivity index (χ0n) is 14.4. The summed E-state index contributed by atoms with van der Waals surface area (Å²) in [6.07, 6.45) is 3.40. The summed E-state index contributed by atoms with van der Waals surface area (Å²) in [6.45, 7) is 7.31. The Labute approximate surface area is 145 Å². The number of rotatable bonds is 3. The van der Waals surface area contributed by atoms with E-state index in [1.807, 2.05) is 18.7 Å². The Bertz CT molecular complexity index is 826. The summed E-state index contributed by atoms with van der Waals surface area (Å²) in [6, 6.07) is 0.0683. The van der Waals surface area contributed by atoms with Crippen molar-refractivity contribution >= 4 is 27.5 Å². The molecule has 24 heavy (non-hydrogen) atoms. The molecule has 1 saturated heterocycles. The molecule has 2 N–H and O–H groups in total. The van der Waals surface area contributed by atoms with Gasteiger partial charge in [-0.2, -0.15) is 0 Å². The maximum absolute atomic E-state index is 12.7. The van der Waals surface area contributed by atoms with E-state index < -0.39 is 0 Å². The first-order valence-electron chi connectivity index (χ1n) is 8.37. The number of amides is 1. The van der Waals surface area contributed by atoms with E-state index in [2.05, 4.69) is 11.9 Å². The van der Waals surface area contributed by atoms with Gasteiger partial charge in [0.25, 0.3) is 5.56 Å². The number of aryl methyl sites for hydroxylation is 2. The fraction of sp³-hybridized carbons (Fsp3) is 0.588. The van der Waals surface area contributed by atoms with E-state index in [4.69, 9.17) is 5.73 Å². The van der Waals surface area contributed by atoms with Crippen molar-refractivity contribution in [1.29, 1.82) is 0 Å². The Balaban J connectivity index is 1.87. The lowest BCUT2D eigenvalue weighted by molar-refractivity contribution is -0.136. The van der Waals surface area contributed by atoms with Crippen molar-refractivity contribution in [2.24, 2.45) is 11.7 Å². The number of likely N-dealkylation sites (tertiary alicyclic amines) is 1. The van der Waals surface area contributed by atoms with Crippen molar-refractivity contribution in [2.45, 2.75) is 46.2 Å². The monoisotopic (exact) mass is 348 g/mol. The van der Waals surface area contributed by atoms with Crippen molar-refractivity contribution in [2.75, 3.05) is 13.1 Å². The fourth-order valence-corrected chi connectivity index (χ4v) is 4.41. The molecule has 1 aliphatic heterocycles. The average Bonchev–Trinajstić information content (AvgIpc) is 2.85. The van der Waals surface area contributed by atoms with Crippen molar-refractivity contribution in [3.05, 3.63) is 27.1 Å². The zero-order chi connectivity index (χ0) is 17.4. The molecule has 1 amide bonds. The lowest BCUT2D eigenvalue weighted by Gasteiger charge is -2.38. The smallest absolute Gasteiger partial charge is 0.262 e. The lowest BCUT2D eigenvalue weighted by Crippen LogP contribution is -2.50. The van der Waals surface area contributed by atoms with E-state index >= 15 is 0 Å². The van der Waals surface area contributed by atoms with E-state index in [9.17, 15) is 9.59 Å². The highest BCUT2D eigenvalue weighted by Gasteiger charge is 2.29. The third kappa shape index (κ3) is 2.98. The van der Waals surface area contributed by atoms with Gasteiger partial charge in [0.05, 0.1) is 11.7 Å². The van der Waals surface area contributed by atoms with Gasteiger partial charge >= 0.3 is 0 Å². The molecule has 3 heterocycles. The van der Waals surface area contributed by atoms with Crippen LogP contribution in [0.2, 0.25) is 0 Å². The molecule has 130 valence electrons. The second-order valence-corrected chi connectivity index (χ2v) is 7.95. The number of nitrogens with zero attached hydrogens (tertiary/aromatic N) is 3. The minimum absolute atomic E-state index is 0.0288. The Morgan fingerprint density at radius 1 is 1.46 bits per heavy atom. The first-order valence-corrected chi connectivity index (χ1v) is 9.18. The maximum Gasteiger partial charge on any atom is 0.262 e. The van der Waals surface area contributed by atoms with Gasteiger partial charge in [0.2, 0.25) is 5.91 Å². The van der Waals surface area contributed by atoms with Crippen LogP contribution in [0.4, 0.5) is 0 Å². The molecule has 0 aliphatic carbocycles. The number of carbonyl (C=O) groups is 1. The van der Waals surface area contributed by atoms with E-state index in [0.717, 1.165) is 28.1 Å². The molecule has 0 bridgehead atoms. The van der Waals surface area contributed by atoms with Crippen LogP contribution in [0.15, 0.2) is 11.1 Å². The highest BCUT2D eigenvalue weighted by Crippen LogP contribution is 2.25. The quantitative estimate of drug-likeness (QED) is 0.915. The second-order valence-electron chi connectivity index (χ2n) is 6.75. The first kappa shape index (κ1) is 17.1. The van der Waals surface area contributed by atoms with Crippen molar-refractivity contribution < 1.29 is 4.79 Å². The first-order chi connectivity index (χ1) is 11.4. The lowest BCUT2D eigenvalue weighted by atomic mass is 9.92. The summed E-state index contributed by atoms with van der Waals surface area (Å²) in [7, 11) is 0. The number of hydrogen-bond acceptors (Lipinski definition) is 5. The van der Waals surface area contributed by atoms with Gasteiger partial charge in [0.15, 0.2) is 0 Å².